The minimum Gasteiger partial charge on any atom is -0.297 e. The van der Waals surface area contributed by atoms with Gasteiger partial charge in [-0.1, -0.05) is 0 Å². The van der Waals surface area contributed by atoms with Crippen molar-refractivity contribution in [2.75, 3.05) is 13.1 Å². The Bertz CT molecular complexity index is 849. The highest BCUT2D eigenvalue weighted by Crippen LogP contribution is 2.27. The molecule has 1 saturated heterocycles. The molecule has 0 spiro atoms. The quantitative estimate of drug-likeness (QED) is 0.733. The topological polar surface area (TPSA) is 72.1 Å². The summed E-state index contributed by atoms with van der Waals surface area (Å²) in [5.74, 6) is 1.40. The maximum absolute atomic E-state index is 4.57. The van der Waals surface area contributed by atoms with Crippen molar-refractivity contribution >= 4 is 5.65 Å². The van der Waals surface area contributed by atoms with Crippen LogP contribution in [0.1, 0.15) is 41.7 Å². The maximum Gasteiger partial charge on any atom is 0.177 e. The minimum atomic E-state index is 0.411. The van der Waals surface area contributed by atoms with E-state index < -0.39 is 0 Å². The summed E-state index contributed by atoms with van der Waals surface area (Å²) in [7, 11) is 0. The fraction of sp³-hybridized carbons (Fsp3) is 0.471. The lowest BCUT2D eigenvalue weighted by atomic mass is 9.96. The van der Waals surface area contributed by atoms with Crippen molar-refractivity contribution in [3.8, 4) is 0 Å². The Morgan fingerprint density at radius 1 is 1.04 bits per heavy atom. The Kier molecular flexibility index (Phi) is 3.93. The van der Waals surface area contributed by atoms with Gasteiger partial charge in [-0.25, -0.2) is 0 Å². The van der Waals surface area contributed by atoms with E-state index >= 15 is 0 Å². The van der Waals surface area contributed by atoms with Gasteiger partial charge in [-0.3, -0.25) is 14.9 Å². The molecule has 0 aliphatic carbocycles. The molecule has 0 N–H and O–H groups in total. The third-order valence-electron chi connectivity index (χ3n) is 4.56. The highest BCUT2D eigenvalue weighted by atomic mass is 15.4. The third kappa shape index (κ3) is 2.99. The number of aryl methyl sites for hydroxylation is 2. The molecule has 0 unspecified atom stereocenters. The minimum absolute atomic E-state index is 0.411. The first-order chi connectivity index (χ1) is 11.7. The number of likely N-dealkylation sites (tertiary alicyclic amines) is 1. The van der Waals surface area contributed by atoms with Gasteiger partial charge >= 0.3 is 0 Å². The van der Waals surface area contributed by atoms with Gasteiger partial charge in [-0.2, -0.15) is 9.61 Å². The average molecular weight is 323 g/mol. The SMILES string of the molecule is Cc1cncc(CN2CCC(c3nnc4ccc(C)nn34)CC2)n1. The second-order valence-electron chi connectivity index (χ2n) is 6.51. The van der Waals surface area contributed by atoms with Crippen LogP contribution in [0.25, 0.3) is 5.65 Å². The molecule has 4 heterocycles. The summed E-state index contributed by atoms with van der Waals surface area (Å²) in [5.41, 5.74) is 3.82. The molecule has 7 nitrogen and oxygen atoms in total. The van der Waals surface area contributed by atoms with E-state index in [0.717, 1.165) is 61.0 Å². The highest BCUT2D eigenvalue weighted by molar-refractivity contribution is 5.36. The van der Waals surface area contributed by atoms with Gasteiger partial charge in [0.1, 0.15) is 0 Å². The van der Waals surface area contributed by atoms with Crippen LogP contribution >= 0.6 is 0 Å². The fourth-order valence-corrected chi connectivity index (χ4v) is 3.32. The normalized spacial score (nSPS) is 16.8. The van der Waals surface area contributed by atoms with Gasteiger partial charge in [-0.15, -0.1) is 10.2 Å². The van der Waals surface area contributed by atoms with E-state index in [9.17, 15) is 0 Å². The van der Waals surface area contributed by atoms with Crippen molar-refractivity contribution in [2.24, 2.45) is 0 Å². The first-order valence-corrected chi connectivity index (χ1v) is 8.38. The molecule has 3 aromatic rings. The van der Waals surface area contributed by atoms with Crippen LogP contribution < -0.4 is 0 Å². The monoisotopic (exact) mass is 323 g/mol. The molecular formula is C17H21N7. The van der Waals surface area contributed by atoms with E-state index in [2.05, 4.69) is 30.2 Å². The summed E-state index contributed by atoms with van der Waals surface area (Å²) >= 11 is 0. The molecule has 124 valence electrons. The number of rotatable bonds is 3. The number of nitrogens with zero attached hydrogens (tertiary/aromatic N) is 7. The van der Waals surface area contributed by atoms with Crippen molar-refractivity contribution in [3.63, 3.8) is 0 Å². The van der Waals surface area contributed by atoms with Gasteiger partial charge in [0, 0.05) is 24.9 Å². The van der Waals surface area contributed by atoms with Gasteiger partial charge in [-0.05, 0) is 51.9 Å². The zero-order valence-electron chi connectivity index (χ0n) is 14.1. The molecule has 0 amide bonds. The highest BCUT2D eigenvalue weighted by Gasteiger charge is 2.25. The first kappa shape index (κ1) is 15.1. The molecule has 0 atom stereocenters. The van der Waals surface area contributed by atoms with Crippen LogP contribution in [0.5, 0.6) is 0 Å². The molecule has 0 saturated carbocycles. The number of hydrogen-bond acceptors (Lipinski definition) is 6. The number of piperidine rings is 1. The molecule has 1 fully saturated rings. The Hall–Kier alpha value is -2.41. The molecule has 0 aromatic carbocycles. The van der Waals surface area contributed by atoms with Crippen LogP contribution in [0.15, 0.2) is 24.5 Å². The van der Waals surface area contributed by atoms with E-state index in [4.69, 9.17) is 0 Å². The van der Waals surface area contributed by atoms with Gasteiger partial charge in [0.2, 0.25) is 0 Å². The first-order valence-electron chi connectivity index (χ1n) is 8.38. The van der Waals surface area contributed by atoms with E-state index in [1.165, 1.54) is 0 Å². The molecule has 1 aliphatic heterocycles. The Balaban J connectivity index is 1.44. The predicted octanol–water partition coefficient (Wildman–Crippen LogP) is 1.91. The zero-order chi connectivity index (χ0) is 16.5. The molecular weight excluding hydrogens is 302 g/mol. The van der Waals surface area contributed by atoms with E-state index in [0.29, 0.717) is 5.92 Å². The molecule has 4 rings (SSSR count). The molecule has 1 aliphatic rings. The van der Waals surface area contributed by atoms with E-state index in [1.807, 2.05) is 36.7 Å². The molecule has 24 heavy (non-hydrogen) atoms. The zero-order valence-corrected chi connectivity index (χ0v) is 14.1. The van der Waals surface area contributed by atoms with Gasteiger partial charge < -0.3 is 0 Å². The number of aromatic nitrogens is 6. The molecule has 7 heteroatoms. The maximum atomic E-state index is 4.57. The summed E-state index contributed by atoms with van der Waals surface area (Å²) in [5, 5.41) is 13.2. The second kappa shape index (κ2) is 6.24. The summed E-state index contributed by atoms with van der Waals surface area (Å²) < 4.78 is 1.90. The molecule has 0 radical (unpaired) electrons. The van der Waals surface area contributed by atoms with Crippen LogP contribution in [0, 0.1) is 13.8 Å². The fourth-order valence-electron chi connectivity index (χ4n) is 3.32. The largest absolute Gasteiger partial charge is 0.297 e. The van der Waals surface area contributed by atoms with E-state index in [-0.39, 0.29) is 0 Å². The number of fused-ring (bicyclic) bond motifs is 1. The summed E-state index contributed by atoms with van der Waals surface area (Å²) in [6.07, 6.45) is 5.78. The summed E-state index contributed by atoms with van der Waals surface area (Å²) in [6, 6.07) is 3.95. The van der Waals surface area contributed by atoms with Crippen LogP contribution in [-0.4, -0.2) is 47.8 Å². The van der Waals surface area contributed by atoms with Crippen molar-refractivity contribution in [1.29, 1.82) is 0 Å². The lowest BCUT2D eigenvalue weighted by Crippen LogP contribution is -2.33. The average Bonchev–Trinajstić information content (AvgIpc) is 2.99. The third-order valence-corrected chi connectivity index (χ3v) is 4.56. The van der Waals surface area contributed by atoms with Gasteiger partial charge in [0.05, 0.1) is 17.1 Å². The Morgan fingerprint density at radius 2 is 1.88 bits per heavy atom. The van der Waals surface area contributed by atoms with Gasteiger partial charge in [0.25, 0.3) is 0 Å². The van der Waals surface area contributed by atoms with Crippen LogP contribution in [0.3, 0.4) is 0 Å². The van der Waals surface area contributed by atoms with Crippen LogP contribution in [0.2, 0.25) is 0 Å². The smallest absolute Gasteiger partial charge is 0.177 e. The van der Waals surface area contributed by atoms with Crippen LogP contribution in [-0.2, 0) is 6.54 Å². The van der Waals surface area contributed by atoms with Crippen molar-refractivity contribution in [2.45, 2.75) is 39.2 Å². The van der Waals surface area contributed by atoms with Crippen LogP contribution in [0.4, 0.5) is 0 Å². The summed E-state index contributed by atoms with van der Waals surface area (Å²) in [4.78, 5) is 11.2. The standard InChI is InChI=1S/C17H21N7/c1-12-3-4-16-20-21-17(24(16)22-12)14-5-7-23(8-6-14)11-15-10-18-9-13(2)19-15/h3-4,9-10,14H,5-8,11H2,1-2H3. The second-order valence-corrected chi connectivity index (χ2v) is 6.51. The lowest BCUT2D eigenvalue weighted by molar-refractivity contribution is 0.198. The van der Waals surface area contributed by atoms with Crippen molar-refractivity contribution in [3.05, 3.63) is 47.4 Å². The van der Waals surface area contributed by atoms with E-state index in [1.54, 1.807) is 6.20 Å². The van der Waals surface area contributed by atoms with Gasteiger partial charge in [0.15, 0.2) is 11.5 Å². The Labute approximate surface area is 140 Å². The lowest BCUT2D eigenvalue weighted by Gasteiger charge is -2.30. The Morgan fingerprint density at radius 3 is 2.67 bits per heavy atom. The predicted molar refractivity (Wildman–Crippen MR) is 89.5 cm³/mol. The van der Waals surface area contributed by atoms with Crippen molar-refractivity contribution < 1.29 is 0 Å². The number of hydrogen-bond donors (Lipinski definition) is 0. The van der Waals surface area contributed by atoms with Crippen molar-refractivity contribution in [1.82, 2.24) is 34.7 Å². The summed E-state index contributed by atoms with van der Waals surface area (Å²) in [6.45, 7) is 6.89. The molecule has 3 aromatic heterocycles. The molecule has 0 bridgehead atoms.